The predicted molar refractivity (Wildman–Crippen MR) is 89.9 cm³/mol. The number of hydrogen-bond acceptors (Lipinski definition) is 8. The third-order valence-electron chi connectivity index (χ3n) is 3.39. The van der Waals surface area contributed by atoms with E-state index in [1.807, 2.05) is 35.8 Å². The second-order valence-electron chi connectivity index (χ2n) is 4.94. The molecule has 3 rings (SSSR count). The number of hydrazone groups is 1. The van der Waals surface area contributed by atoms with Crippen molar-refractivity contribution in [3.63, 3.8) is 0 Å². The summed E-state index contributed by atoms with van der Waals surface area (Å²) in [5.41, 5.74) is 9.65. The second-order valence-corrected chi connectivity index (χ2v) is 5.71. The van der Waals surface area contributed by atoms with Gasteiger partial charge in [-0.25, -0.2) is 20.5 Å². The van der Waals surface area contributed by atoms with Gasteiger partial charge in [-0.05, 0) is 24.8 Å². The predicted octanol–water partition coefficient (Wildman–Crippen LogP) is 0.728. The molecule has 0 spiro atoms. The number of hydrogen-bond donors (Lipinski definition) is 3. The van der Waals surface area contributed by atoms with Gasteiger partial charge < -0.3 is 11.1 Å². The number of carbonyl (C=O) groups is 1. The Hall–Kier alpha value is -2.39. The second kappa shape index (κ2) is 6.80. The summed E-state index contributed by atoms with van der Waals surface area (Å²) >= 11 is 1.40. The molecule has 9 heteroatoms. The Morgan fingerprint density at radius 2 is 2.43 bits per heavy atom. The summed E-state index contributed by atoms with van der Waals surface area (Å²) in [6.07, 6.45) is 12.0. The lowest BCUT2D eigenvalue weighted by atomic mass is 10.1. The first-order valence-corrected chi connectivity index (χ1v) is 8.31. The highest BCUT2D eigenvalue weighted by Gasteiger charge is 2.20. The molecule has 4 N–H and O–H groups in total. The quantitative estimate of drug-likeness (QED) is 0.539. The number of nitrogens with zero attached hydrogens (tertiary/aromatic N) is 4. The highest BCUT2D eigenvalue weighted by atomic mass is 32.2. The maximum Gasteiger partial charge on any atom is 0.254 e. The summed E-state index contributed by atoms with van der Waals surface area (Å²) in [6.45, 7) is 0.728. The van der Waals surface area contributed by atoms with Crippen molar-refractivity contribution < 1.29 is 4.79 Å². The van der Waals surface area contributed by atoms with Gasteiger partial charge in [0.15, 0.2) is 5.16 Å². The van der Waals surface area contributed by atoms with Crippen LogP contribution in [0, 0.1) is 0 Å². The van der Waals surface area contributed by atoms with Gasteiger partial charge in [-0.2, -0.15) is 5.10 Å². The van der Waals surface area contributed by atoms with E-state index in [0.29, 0.717) is 11.0 Å². The van der Waals surface area contributed by atoms with Crippen molar-refractivity contribution in [1.29, 1.82) is 0 Å². The van der Waals surface area contributed by atoms with Crippen molar-refractivity contribution in [2.45, 2.75) is 17.6 Å². The minimum atomic E-state index is -0.567. The van der Waals surface area contributed by atoms with Crippen LogP contribution in [0.5, 0.6) is 0 Å². The largest absolute Gasteiger partial charge is 0.365 e. The Morgan fingerprint density at radius 1 is 1.57 bits per heavy atom. The summed E-state index contributed by atoms with van der Waals surface area (Å²) in [5, 5.41) is 9.81. The number of amides is 1. The van der Waals surface area contributed by atoms with Crippen molar-refractivity contribution in [3.05, 3.63) is 35.7 Å². The Balaban J connectivity index is 1.84. The standard InChI is InChI=1S/C14H17N7OS/c1-23-14-16-8-11(12(15)22)13(20-14)19-9-3-2-4-10(7-9)21-17-5-6-18-21/h2-3,5,7-8,10,18H,4,6H2,1H3,(H2,15,22)(H,16,19,20)/t10-/m1/s1. The zero-order valence-electron chi connectivity index (χ0n) is 12.6. The Kier molecular flexibility index (Phi) is 4.58. The highest BCUT2D eigenvalue weighted by Crippen LogP contribution is 2.21. The number of nitrogens with one attached hydrogen (secondary N) is 2. The molecule has 1 atom stereocenters. The molecule has 2 heterocycles. The van der Waals surface area contributed by atoms with E-state index in [9.17, 15) is 4.79 Å². The first-order chi connectivity index (χ1) is 11.2. The highest BCUT2D eigenvalue weighted by molar-refractivity contribution is 7.98. The molecule has 0 radical (unpaired) electrons. The minimum absolute atomic E-state index is 0.0973. The molecule has 23 heavy (non-hydrogen) atoms. The van der Waals surface area contributed by atoms with Crippen LogP contribution in [0.25, 0.3) is 0 Å². The molecule has 0 aromatic carbocycles. The number of aromatic nitrogens is 2. The van der Waals surface area contributed by atoms with Crippen molar-refractivity contribution in [1.82, 2.24) is 20.5 Å². The van der Waals surface area contributed by atoms with Crippen molar-refractivity contribution in [2.24, 2.45) is 10.8 Å². The van der Waals surface area contributed by atoms with Gasteiger partial charge in [-0.3, -0.25) is 4.79 Å². The summed E-state index contributed by atoms with van der Waals surface area (Å²) in [7, 11) is 0. The van der Waals surface area contributed by atoms with Crippen LogP contribution in [0.4, 0.5) is 5.82 Å². The minimum Gasteiger partial charge on any atom is -0.365 e. The molecule has 0 saturated carbocycles. The first kappa shape index (κ1) is 15.5. The van der Waals surface area contributed by atoms with Gasteiger partial charge in [0.25, 0.3) is 5.91 Å². The maximum atomic E-state index is 11.6. The first-order valence-electron chi connectivity index (χ1n) is 7.09. The molecule has 1 amide bonds. The van der Waals surface area contributed by atoms with Crippen LogP contribution in [0.15, 0.2) is 40.4 Å². The van der Waals surface area contributed by atoms with Gasteiger partial charge in [0, 0.05) is 18.1 Å². The van der Waals surface area contributed by atoms with Crippen molar-refractivity contribution in [2.75, 3.05) is 18.1 Å². The molecule has 1 aromatic heterocycles. The molecule has 1 aliphatic heterocycles. The fourth-order valence-electron chi connectivity index (χ4n) is 2.30. The average Bonchev–Trinajstić information content (AvgIpc) is 3.09. The summed E-state index contributed by atoms with van der Waals surface area (Å²) < 4.78 is 0. The monoisotopic (exact) mass is 331 g/mol. The molecule has 120 valence electrons. The maximum absolute atomic E-state index is 11.6. The summed E-state index contributed by atoms with van der Waals surface area (Å²) in [4.78, 5) is 20.0. The fourth-order valence-corrected chi connectivity index (χ4v) is 2.64. The number of allylic oxidation sites excluding steroid dienone is 1. The van der Waals surface area contributed by atoms with Gasteiger partial charge in [-0.15, -0.1) is 0 Å². The molecule has 1 aliphatic carbocycles. The van der Waals surface area contributed by atoms with Crippen molar-refractivity contribution in [3.8, 4) is 0 Å². The SMILES string of the molecule is CSc1ncc(C(N)=O)c(NC2=C[C@H](N3N=CCN3)CC=C2)n1. The number of hydrazine groups is 1. The van der Waals surface area contributed by atoms with E-state index in [2.05, 4.69) is 25.8 Å². The van der Waals surface area contributed by atoms with Crippen LogP contribution >= 0.6 is 11.8 Å². The number of primary amides is 1. The van der Waals surface area contributed by atoms with Crippen LogP contribution in [-0.2, 0) is 0 Å². The number of rotatable bonds is 5. The van der Waals surface area contributed by atoms with Gasteiger partial charge >= 0.3 is 0 Å². The van der Waals surface area contributed by atoms with E-state index in [1.165, 1.54) is 18.0 Å². The van der Waals surface area contributed by atoms with Crippen LogP contribution < -0.4 is 16.5 Å². The Labute approximate surface area is 137 Å². The molecule has 1 aromatic rings. The fraction of sp³-hybridized carbons (Fsp3) is 0.286. The van der Waals surface area contributed by atoms with E-state index in [0.717, 1.165) is 18.7 Å². The Bertz CT molecular complexity index is 700. The van der Waals surface area contributed by atoms with Crippen LogP contribution in [0.3, 0.4) is 0 Å². The van der Waals surface area contributed by atoms with E-state index in [1.54, 1.807) is 0 Å². The number of carbonyl (C=O) groups excluding carboxylic acids is 1. The third kappa shape index (κ3) is 3.51. The van der Waals surface area contributed by atoms with E-state index >= 15 is 0 Å². The van der Waals surface area contributed by atoms with Gasteiger partial charge in [-0.1, -0.05) is 17.8 Å². The lowest BCUT2D eigenvalue weighted by Crippen LogP contribution is -2.38. The lowest BCUT2D eigenvalue weighted by molar-refractivity contribution is 0.100. The number of nitrogens with two attached hydrogens (primary N) is 1. The lowest BCUT2D eigenvalue weighted by Gasteiger charge is -2.25. The van der Waals surface area contributed by atoms with Gasteiger partial charge in [0.1, 0.15) is 11.4 Å². The molecule has 2 aliphatic rings. The van der Waals surface area contributed by atoms with E-state index in [4.69, 9.17) is 5.73 Å². The molecule has 0 saturated heterocycles. The van der Waals surface area contributed by atoms with Gasteiger partial charge in [0.05, 0.1) is 12.6 Å². The molecule has 0 fully saturated rings. The molecular weight excluding hydrogens is 314 g/mol. The molecule has 8 nitrogen and oxygen atoms in total. The third-order valence-corrected chi connectivity index (χ3v) is 3.95. The number of anilines is 1. The van der Waals surface area contributed by atoms with Crippen molar-refractivity contribution >= 4 is 29.7 Å². The topological polar surface area (TPSA) is 109 Å². The summed E-state index contributed by atoms with van der Waals surface area (Å²) in [5.74, 6) is -0.158. The number of thioether (sulfide) groups is 1. The average molecular weight is 331 g/mol. The zero-order chi connectivity index (χ0) is 16.2. The zero-order valence-corrected chi connectivity index (χ0v) is 13.4. The molecular formula is C14H17N7OS. The van der Waals surface area contributed by atoms with E-state index in [-0.39, 0.29) is 11.6 Å². The van der Waals surface area contributed by atoms with E-state index < -0.39 is 5.91 Å². The van der Waals surface area contributed by atoms with Crippen LogP contribution in [0.2, 0.25) is 0 Å². The van der Waals surface area contributed by atoms with Crippen LogP contribution in [-0.4, -0.2) is 46.1 Å². The smallest absolute Gasteiger partial charge is 0.254 e. The van der Waals surface area contributed by atoms with Gasteiger partial charge in [0.2, 0.25) is 0 Å². The van der Waals surface area contributed by atoms with Crippen LogP contribution in [0.1, 0.15) is 16.8 Å². The Morgan fingerprint density at radius 3 is 3.13 bits per heavy atom. The normalized spacial score (nSPS) is 19.8. The summed E-state index contributed by atoms with van der Waals surface area (Å²) in [6, 6.07) is 0.0973. The molecule has 0 bridgehead atoms. The molecule has 0 unspecified atom stereocenters.